The molecule has 0 aliphatic heterocycles. The third-order valence-electron chi connectivity index (χ3n) is 3.19. The minimum atomic E-state index is -1.84. The van der Waals surface area contributed by atoms with E-state index in [4.69, 9.17) is 5.73 Å². The second-order valence-corrected chi connectivity index (χ2v) is 5.30. The largest absolute Gasteiger partial charge is 0.327 e. The molecular formula is C13H18F3N. The van der Waals surface area contributed by atoms with Gasteiger partial charge in [-0.1, -0.05) is 26.8 Å². The summed E-state index contributed by atoms with van der Waals surface area (Å²) in [6, 6.07) is 3.50. The molecule has 1 unspecified atom stereocenters. The second-order valence-electron chi connectivity index (χ2n) is 5.30. The van der Waals surface area contributed by atoms with Gasteiger partial charge < -0.3 is 5.73 Å². The standard InChI is InChI=1S/C13H18F3N/c1-12(2,3)13(16,8-17)7-9-10(14)5-4-6-11(9)15/h4-6H,7-8,17H2,1-3H3. The Bertz CT molecular complexity index is 378. The summed E-state index contributed by atoms with van der Waals surface area (Å²) in [5, 5.41) is 0. The lowest BCUT2D eigenvalue weighted by molar-refractivity contribution is 0.0366. The highest BCUT2D eigenvalue weighted by Crippen LogP contribution is 2.37. The van der Waals surface area contributed by atoms with Crippen LogP contribution in [0.2, 0.25) is 0 Å². The number of nitrogens with two attached hydrogens (primary N) is 1. The van der Waals surface area contributed by atoms with Crippen molar-refractivity contribution in [3.05, 3.63) is 35.4 Å². The molecule has 0 bridgehead atoms. The van der Waals surface area contributed by atoms with Crippen molar-refractivity contribution in [2.75, 3.05) is 6.54 Å². The first kappa shape index (κ1) is 14.0. The molecule has 0 saturated heterocycles. The molecule has 0 aliphatic rings. The maximum absolute atomic E-state index is 14.6. The van der Waals surface area contributed by atoms with E-state index in [2.05, 4.69) is 0 Å². The highest BCUT2D eigenvalue weighted by atomic mass is 19.1. The van der Waals surface area contributed by atoms with Gasteiger partial charge in [-0.05, 0) is 17.5 Å². The molecular weight excluding hydrogens is 227 g/mol. The van der Waals surface area contributed by atoms with Crippen molar-refractivity contribution >= 4 is 0 Å². The molecule has 96 valence electrons. The van der Waals surface area contributed by atoms with E-state index in [9.17, 15) is 13.2 Å². The summed E-state index contributed by atoms with van der Waals surface area (Å²) >= 11 is 0. The van der Waals surface area contributed by atoms with Crippen molar-refractivity contribution in [1.82, 2.24) is 0 Å². The number of hydrogen-bond acceptors (Lipinski definition) is 1. The number of rotatable bonds is 3. The molecule has 0 saturated carbocycles. The van der Waals surface area contributed by atoms with Crippen molar-refractivity contribution in [3.63, 3.8) is 0 Å². The Morgan fingerprint density at radius 3 is 1.94 bits per heavy atom. The molecule has 1 nitrogen and oxygen atoms in total. The topological polar surface area (TPSA) is 26.0 Å². The molecule has 1 atom stereocenters. The number of hydrogen-bond donors (Lipinski definition) is 1. The lowest BCUT2D eigenvalue weighted by Crippen LogP contribution is -2.47. The Kier molecular flexibility index (Phi) is 3.87. The van der Waals surface area contributed by atoms with Crippen LogP contribution in [0.4, 0.5) is 13.2 Å². The summed E-state index contributed by atoms with van der Waals surface area (Å²) in [7, 11) is 0. The van der Waals surface area contributed by atoms with Gasteiger partial charge in [-0.2, -0.15) is 0 Å². The van der Waals surface area contributed by atoms with Crippen molar-refractivity contribution in [2.45, 2.75) is 32.9 Å². The first-order chi connectivity index (χ1) is 7.71. The Morgan fingerprint density at radius 2 is 1.59 bits per heavy atom. The van der Waals surface area contributed by atoms with E-state index in [1.165, 1.54) is 6.07 Å². The molecule has 0 heterocycles. The van der Waals surface area contributed by atoms with Crippen molar-refractivity contribution in [1.29, 1.82) is 0 Å². The molecule has 1 aromatic rings. The molecule has 1 aromatic carbocycles. The number of alkyl halides is 1. The fourth-order valence-electron chi connectivity index (χ4n) is 1.62. The van der Waals surface area contributed by atoms with Crippen molar-refractivity contribution in [2.24, 2.45) is 11.1 Å². The lowest BCUT2D eigenvalue weighted by Gasteiger charge is -2.37. The Hall–Kier alpha value is -1.03. The van der Waals surface area contributed by atoms with E-state index < -0.39 is 22.7 Å². The van der Waals surface area contributed by atoms with Gasteiger partial charge >= 0.3 is 0 Å². The van der Waals surface area contributed by atoms with Gasteiger partial charge in [0.05, 0.1) is 0 Å². The molecule has 0 aromatic heterocycles. The van der Waals surface area contributed by atoms with Gasteiger partial charge in [0.2, 0.25) is 0 Å². The molecule has 2 N–H and O–H groups in total. The van der Waals surface area contributed by atoms with Crippen LogP contribution in [0.25, 0.3) is 0 Å². The monoisotopic (exact) mass is 245 g/mol. The summed E-state index contributed by atoms with van der Waals surface area (Å²) in [5.41, 5.74) is 2.56. The maximum Gasteiger partial charge on any atom is 0.132 e. The predicted octanol–water partition coefficient (Wildman–Crippen LogP) is 3.22. The predicted molar refractivity (Wildman–Crippen MR) is 62.4 cm³/mol. The van der Waals surface area contributed by atoms with Crippen LogP contribution in [0.15, 0.2) is 18.2 Å². The quantitative estimate of drug-likeness (QED) is 0.869. The van der Waals surface area contributed by atoms with E-state index >= 15 is 0 Å². The fourth-order valence-corrected chi connectivity index (χ4v) is 1.62. The molecule has 0 radical (unpaired) electrons. The molecule has 17 heavy (non-hydrogen) atoms. The molecule has 1 rings (SSSR count). The highest BCUT2D eigenvalue weighted by molar-refractivity contribution is 5.22. The van der Waals surface area contributed by atoms with Crippen LogP contribution in [0.5, 0.6) is 0 Å². The SMILES string of the molecule is CC(C)(C)C(F)(CN)Cc1c(F)cccc1F. The van der Waals surface area contributed by atoms with Gasteiger partial charge in [0.1, 0.15) is 17.3 Å². The van der Waals surface area contributed by atoms with E-state index in [0.29, 0.717) is 0 Å². The minimum Gasteiger partial charge on any atom is -0.327 e. The molecule has 0 amide bonds. The average Bonchev–Trinajstić information content (AvgIpc) is 2.22. The Labute approximate surface area is 99.8 Å². The third kappa shape index (κ3) is 2.80. The molecule has 0 fully saturated rings. The average molecular weight is 245 g/mol. The highest BCUT2D eigenvalue weighted by Gasteiger charge is 2.42. The van der Waals surface area contributed by atoms with Gasteiger partial charge in [0.25, 0.3) is 0 Å². The van der Waals surface area contributed by atoms with Crippen molar-refractivity contribution in [3.8, 4) is 0 Å². The van der Waals surface area contributed by atoms with Crippen LogP contribution in [0.3, 0.4) is 0 Å². The summed E-state index contributed by atoms with van der Waals surface area (Å²) in [6.45, 7) is 4.72. The van der Waals surface area contributed by atoms with Gasteiger partial charge in [0.15, 0.2) is 0 Å². The Morgan fingerprint density at radius 1 is 1.12 bits per heavy atom. The fraction of sp³-hybridized carbons (Fsp3) is 0.538. The van der Waals surface area contributed by atoms with Crippen LogP contribution in [0, 0.1) is 17.0 Å². The van der Waals surface area contributed by atoms with E-state index in [1.54, 1.807) is 20.8 Å². The van der Waals surface area contributed by atoms with Crippen LogP contribution >= 0.6 is 0 Å². The zero-order valence-corrected chi connectivity index (χ0v) is 10.4. The van der Waals surface area contributed by atoms with Gasteiger partial charge in [0, 0.05) is 18.5 Å². The summed E-state index contributed by atoms with van der Waals surface area (Å²) in [4.78, 5) is 0. The van der Waals surface area contributed by atoms with Crippen LogP contribution in [-0.4, -0.2) is 12.2 Å². The summed E-state index contributed by atoms with van der Waals surface area (Å²) in [5.74, 6) is -1.46. The van der Waals surface area contributed by atoms with Crippen LogP contribution in [0.1, 0.15) is 26.3 Å². The third-order valence-corrected chi connectivity index (χ3v) is 3.19. The second kappa shape index (κ2) is 4.69. The first-order valence-corrected chi connectivity index (χ1v) is 5.53. The number of benzene rings is 1. The van der Waals surface area contributed by atoms with Crippen LogP contribution < -0.4 is 5.73 Å². The lowest BCUT2D eigenvalue weighted by atomic mass is 9.74. The van der Waals surface area contributed by atoms with Gasteiger partial charge in [-0.3, -0.25) is 0 Å². The first-order valence-electron chi connectivity index (χ1n) is 5.53. The summed E-state index contributed by atoms with van der Waals surface area (Å²) in [6.07, 6.45) is -0.356. The van der Waals surface area contributed by atoms with E-state index in [0.717, 1.165) is 12.1 Å². The minimum absolute atomic E-state index is 0.240. The number of halogens is 3. The molecule has 4 heteroatoms. The Balaban J connectivity index is 3.12. The maximum atomic E-state index is 14.6. The summed E-state index contributed by atoms with van der Waals surface area (Å²) < 4.78 is 41.5. The smallest absolute Gasteiger partial charge is 0.132 e. The normalized spacial score (nSPS) is 15.7. The zero-order chi connectivity index (χ0) is 13.3. The van der Waals surface area contributed by atoms with E-state index in [-0.39, 0.29) is 18.5 Å². The molecule has 0 aliphatic carbocycles. The van der Waals surface area contributed by atoms with E-state index in [1.807, 2.05) is 0 Å². The van der Waals surface area contributed by atoms with Gasteiger partial charge in [-0.15, -0.1) is 0 Å². The van der Waals surface area contributed by atoms with Gasteiger partial charge in [-0.25, -0.2) is 13.2 Å². The zero-order valence-electron chi connectivity index (χ0n) is 10.4. The molecule has 0 spiro atoms. The van der Waals surface area contributed by atoms with Crippen LogP contribution in [-0.2, 0) is 6.42 Å². The van der Waals surface area contributed by atoms with Crippen molar-refractivity contribution < 1.29 is 13.2 Å².